The third kappa shape index (κ3) is 11.5. The molecule has 270 valence electrons. The van der Waals surface area contributed by atoms with E-state index < -0.39 is 24.0 Å². The third-order valence-electron chi connectivity index (χ3n) is 10.3. The highest BCUT2D eigenvalue weighted by Crippen LogP contribution is 2.40. The zero-order valence-corrected chi connectivity index (χ0v) is 30.2. The van der Waals surface area contributed by atoms with Crippen molar-refractivity contribution in [1.29, 1.82) is 0 Å². The molecule has 0 radical (unpaired) electrons. The number of carbonyl (C=O) groups is 3. The Bertz CT molecular complexity index is 1220. The first-order valence-electron chi connectivity index (χ1n) is 19.2. The summed E-state index contributed by atoms with van der Waals surface area (Å²) < 4.78 is 25.2. The van der Waals surface area contributed by atoms with E-state index in [2.05, 4.69) is 20.8 Å². The van der Waals surface area contributed by atoms with E-state index in [0.29, 0.717) is 68.8 Å². The fraction of sp³-hybridized carbons (Fsp3) is 0.643. The summed E-state index contributed by atoms with van der Waals surface area (Å²) >= 11 is 0. The van der Waals surface area contributed by atoms with Gasteiger partial charge in [-0.3, -0.25) is 9.59 Å². The van der Waals surface area contributed by atoms with Crippen molar-refractivity contribution in [3.05, 3.63) is 71.8 Å². The van der Waals surface area contributed by atoms with Crippen molar-refractivity contribution in [1.82, 2.24) is 0 Å². The van der Waals surface area contributed by atoms with Crippen molar-refractivity contribution >= 4 is 17.7 Å². The molecule has 7 nitrogen and oxygen atoms in total. The van der Waals surface area contributed by atoms with Gasteiger partial charge in [0.15, 0.2) is 0 Å². The number of carbonyl (C=O) groups excluding carboxylic acids is 3. The molecule has 4 rings (SSSR count). The molecule has 0 bridgehead atoms. The fourth-order valence-electron chi connectivity index (χ4n) is 7.31. The van der Waals surface area contributed by atoms with Crippen LogP contribution in [0.2, 0.25) is 0 Å². The first-order valence-corrected chi connectivity index (χ1v) is 19.2. The average molecular weight is 677 g/mol. The molecule has 0 spiro atoms. The molecule has 0 amide bonds. The van der Waals surface area contributed by atoms with E-state index >= 15 is 0 Å². The smallest absolute Gasteiger partial charge is 0.348 e. The Morgan fingerprint density at radius 3 is 1.98 bits per heavy atom. The summed E-state index contributed by atoms with van der Waals surface area (Å²) in [5, 5.41) is 0. The number of Topliss-reactive ketones (excluding diaryl/α,β-unsaturated/α-hetero) is 1. The molecular weight excluding hydrogens is 616 g/mol. The van der Waals surface area contributed by atoms with Crippen LogP contribution in [0.15, 0.2) is 60.7 Å². The molecule has 2 aromatic rings. The minimum atomic E-state index is -1.69. The lowest BCUT2D eigenvalue weighted by Gasteiger charge is -2.37. The molecular formula is C42H60O7. The Balaban J connectivity index is 1.67. The lowest BCUT2D eigenvalue weighted by atomic mass is 9.85. The molecule has 7 heteroatoms. The van der Waals surface area contributed by atoms with E-state index in [-0.39, 0.29) is 23.6 Å². The van der Waals surface area contributed by atoms with E-state index in [1.165, 1.54) is 0 Å². The van der Waals surface area contributed by atoms with Crippen LogP contribution in [0.4, 0.5) is 0 Å². The minimum Gasteiger partial charge on any atom is -0.460 e. The van der Waals surface area contributed by atoms with Gasteiger partial charge in [-0.05, 0) is 68.4 Å². The summed E-state index contributed by atoms with van der Waals surface area (Å²) in [7, 11) is 0. The fourth-order valence-corrected chi connectivity index (χ4v) is 7.31. The van der Waals surface area contributed by atoms with Gasteiger partial charge in [0.05, 0.1) is 5.92 Å². The highest BCUT2D eigenvalue weighted by Gasteiger charge is 2.49. The Morgan fingerprint density at radius 2 is 1.37 bits per heavy atom. The maximum Gasteiger partial charge on any atom is 0.348 e. The van der Waals surface area contributed by atoms with Gasteiger partial charge in [-0.25, -0.2) is 4.79 Å². The maximum atomic E-state index is 15.0. The zero-order chi connectivity index (χ0) is 34.9. The highest BCUT2D eigenvalue weighted by atomic mass is 16.7. The van der Waals surface area contributed by atoms with Crippen LogP contribution >= 0.6 is 0 Å². The summed E-state index contributed by atoms with van der Waals surface area (Å²) in [6.45, 7) is 7.55. The molecule has 2 aromatic carbocycles. The number of ether oxygens (including phenoxy) is 4. The van der Waals surface area contributed by atoms with Gasteiger partial charge < -0.3 is 18.9 Å². The maximum absolute atomic E-state index is 15.0. The molecule has 1 aliphatic carbocycles. The van der Waals surface area contributed by atoms with Crippen molar-refractivity contribution in [3.8, 4) is 0 Å². The Morgan fingerprint density at radius 1 is 0.755 bits per heavy atom. The highest BCUT2D eigenvalue weighted by molar-refractivity contribution is 5.86. The van der Waals surface area contributed by atoms with Gasteiger partial charge in [0.1, 0.15) is 11.9 Å². The van der Waals surface area contributed by atoms with Gasteiger partial charge in [0.25, 0.3) is 0 Å². The quantitative estimate of drug-likeness (QED) is 0.0634. The summed E-state index contributed by atoms with van der Waals surface area (Å²) in [5.41, 5.74) is -0.475. The SMILES string of the molecule is CCCCCCC(=O)C1CCC(C)CC(OC(=O)C(OC(CCCCCC)OC(=O)C2CCOCC2)(c2ccccc2)c2ccccc2)C1. The molecule has 0 N–H and O–H groups in total. The summed E-state index contributed by atoms with van der Waals surface area (Å²) in [5.74, 6) is -0.656. The van der Waals surface area contributed by atoms with Gasteiger partial charge in [-0.15, -0.1) is 0 Å². The van der Waals surface area contributed by atoms with Gasteiger partial charge in [0, 0.05) is 32.0 Å². The molecule has 49 heavy (non-hydrogen) atoms. The predicted octanol–water partition coefficient (Wildman–Crippen LogP) is 9.49. The molecule has 4 unspecified atom stereocenters. The third-order valence-corrected chi connectivity index (χ3v) is 10.3. The standard InChI is InChI=1S/C42H60O7/c1-4-6-8-16-22-38(43)34-25-24-32(3)30-37(31-34)47-41(45)42(35-18-12-10-13-19-35,36-20-14-11-15-21-36)49-39(23-17-9-7-5-2)48-40(44)33-26-28-46-29-27-33/h10-15,18-21,32-34,37,39H,4-9,16-17,22-31H2,1-3H3. The molecule has 4 atom stereocenters. The number of hydrogen-bond donors (Lipinski definition) is 0. The van der Waals surface area contributed by atoms with E-state index in [9.17, 15) is 14.4 Å². The Labute approximate surface area is 294 Å². The van der Waals surface area contributed by atoms with Crippen LogP contribution in [-0.4, -0.2) is 43.3 Å². The number of benzene rings is 2. The van der Waals surface area contributed by atoms with E-state index in [1.54, 1.807) is 0 Å². The first-order chi connectivity index (χ1) is 23.9. The van der Waals surface area contributed by atoms with Crippen LogP contribution in [0, 0.1) is 17.8 Å². The Kier molecular flexibility index (Phi) is 16.3. The molecule has 2 fully saturated rings. The molecule has 1 aliphatic heterocycles. The number of rotatable bonds is 19. The summed E-state index contributed by atoms with van der Waals surface area (Å²) in [6.07, 6.45) is 11.9. The number of ketones is 1. The molecule has 1 saturated carbocycles. The van der Waals surface area contributed by atoms with Gasteiger partial charge in [-0.2, -0.15) is 0 Å². The van der Waals surface area contributed by atoms with E-state index in [4.69, 9.17) is 18.9 Å². The number of hydrogen-bond acceptors (Lipinski definition) is 7. The average Bonchev–Trinajstić information content (AvgIpc) is 3.32. The van der Waals surface area contributed by atoms with Crippen molar-refractivity contribution in [2.75, 3.05) is 13.2 Å². The van der Waals surface area contributed by atoms with Crippen molar-refractivity contribution in [2.45, 2.75) is 141 Å². The van der Waals surface area contributed by atoms with E-state index in [0.717, 1.165) is 64.2 Å². The zero-order valence-electron chi connectivity index (χ0n) is 30.2. The first kappa shape index (κ1) is 38.8. The van der Waals surface area contributed by atoms with Gasteiger partial charge >= 0.3 is 11.9 Å². The topological polar surface area (TPSA) is 88.1 Å². The number of unbranched alkanes of at least 4 members (excludes halogenated alkanes) is 6. The molecule has 2 aliphatic rings. The molecule has 1 saturated heterocycles. The largest absolute Gasteiger partial charge is 0.460 e. The van der Waals surface area contributed by atoms with Crippen molar-refractivity contribution in [2.24, 2.45) is 17.8 Å². The van der Waals surface area contributed by atoms with Crippen molar-refractivity contribution in [3.63, 3.8) is 0 Å². The van der Waals surface area contributed by atoms with Crippen molar-refractivity contribution < 1.29 is 33.3 Å². The van der Waals surface area contributed by atoms with Crippen LogP contribution < -0.4 is 0 Å². The lowest BCUT2D eigenvalue weighted by molar-refractivity contribution is -0.226. The van der Waals surface area contributed by atoms with Gasteiger partial charge in [-0.1, -0.05) is 120 Å². The molecule has 1 heterocycles. The van der Waals surface area contributed by atoms with Crippen LogP contribution in [0.1, 0.15) is 135 Å². The lowest BCUT2D eigenvalue weighted by Crippen LogP contribution is -2.47. The Hall–Kier alpha value is -3.03. The second-order valence-corrected chi connectivity index (χ2v) is 14.3. The summed E-state index contributed by atoms with van der Waals surface area (Å²) in [4.78, 5) is 41.9. The number of esters is 2. The summed E-state index contributed by atoms with van der Waals surface area (Å²) in [6, 6.07) is 18.8. The second kappa shape index (κ2) is 20.6. The normalized spacial score (nSPS) is 21.0. The minimum absolute atomic E-state index is 0.125. The monoisotopic (exact) mass is 676 g/mol. The molecule has 0 aromatic heterocycles. The van der Waals surface area contributed by atoms with Crippen LogP contribution in [0.25, 0.3) is 0 Å². The van der Waals surface area contributed by atoms with Crippen LogP contribution in [0.3, 0.4) is 0 Å². The predicted molar refractivity (Wildman–Crippen MR) is 192 cm³/mol. The van der Waals surface area contributed by atoms with Crippen LogP contribution in [0.5, 0.6) is 0 Å². The van der Waals surface area contributed by atoms with E-state index in [1.807, 2.05) is 60.7 Å². The van der Waals surface area contributed by atoms with Crippen LogP contribution in [-0.2, 0) is 38.9 Å². The second-order valence-electron chi connectivity index (χ2n) is 14.3. The van der Waals surface area contributed by atoms with Gasteiger partial charge in [0.2, 0.25) is 11.9 Å².